The van der Waals surface area contributed by atoms with E-state index in [4.69, 9.17) is 5.73 Å². The van der Waals surface area contributed by atoms with Gasteiger partial charge in [-0.2, -0.15) is 17.0 Å². The summed E-state index contributed by atoms with van der Waals surface area (Å²) in [6, 6.07) is 9.51. The van der Waals surface area contributed by atoms with E-state index in [1.807, 2.05) is 30.3 Å². The van der Waals surface area contributed by atoms with Gasteiger partial charge in [0.2, 0.25) is 0 Å². The third kappa shape index (κ3) is 2.66. The second kappa shape index (κ2) is 4.73. The molecular weight excluding hydrogens is 238 g/mol. The summed E-state index contributed by atoms with van der Waals surface area (Å²) < 4.78 is 26.9. The summed E-state index contributed by atoms with van der Waals surface area (Å²) >= 11 is 0. The molecule has 1 saturated heterocycles. The van der Waals surface area contributed by atoms with Gasteiger partial charge in [-0.15, -0.1) is 0 Å². The van der Waals surface area contributed by atoms with E-state index in [0.717, 1.165) is 5.56 Å². The normalized spacial score (nSPS) is 18.3. The quantitative estimate of drug-likeness (QED) is 0.824. The van der Waals surface area contributed by atoms with E-state index < -0.39 is 10.2 Å². The third-order valence-corrected chi connectivity index (χ3v) is 4.71. The zero-order valence-electron chi connectivity index (χ0n) is 9.78. The van der Waals surface area contributed by atoms with Crippen molar-refractivity contribution in [3.05, 3.63) is 35.9 Å². The molecule has 94 valence electrons. The van der Waals surface area contributed by atoms with Crippen LogP contribution in [0.15, 0.2) is 30.3 Å². The Bertz CT molecular complexity index is 469. The van der Waals surface area contributed by atoms with Gasteiger partial charge in [0.05, 0.1) is 0 Å². The van der Waals surface area contributed by atoms with Crippen LogP contribution in [0.5, 0.6) is 0 Å². The van der Waals surface area contributed by atoms with Crippen molar-refractivity contribution in [2.75, 3.05) is 20.1 Å². The van der Waals surface area contributed by atoms with Gasteiger partial charge in [-0.05, 0) is 5.56 Å². The lowest BCUT2D eigenvalue weighted by Crippen LogP contribution is -2.60. The molecule has 1 aromatic carbocycles. The molecule has 0 unspecified atom stereocenters. The van der Waals surface area contributed by atoms with Gasteiger partial charge in [0.1, 0.15) is 0 Å². The molecule has 0 atom stereocenters. The molecular formula is C11H17N3O2S. The van der Waals surface area contributed by atoms with E-state index in [1.165, 1.54) is 8.61 Å². The van der Waals surface area contributed by atoms with Crippen molar-refractivity contribution in [1.82, 2.24) is 8.61 Å². The van der Waals surface area contributed by atoms with E-state index in [9.17, 15) is 8.42 Å². The Balaban J connectivity index is 2.02. The maximum absolute atomic E-state index is 12.1. The van der Waals surface area contributed by atoms with Crippen LogP contribution in [-0.4, -0.2) is 43.2 Å². The highest BCUT2D eigenvalue weighted by molar-refractivity contribution is 7.86. The Morgan fingerprint density at radius 2 is 1.94 bits per heavy atom. The number of hydrogen-bond donors (Lipinski definition) is 1. The zero-order valence-corrected chi connectivity index (χ0v) is 10.6. The summed E-state index contributed by atoms with van der Waals surface area (Å²) in [7, 11) is -1.76. The van der Waals surface area contributed by atoms with Crippen molar-refractivity contribution in [2.45, 2.75) is 12.6 Å². The van der Waals surface area contributed by atoms with Crippen molar-refractivity contribution in [2.24, 2.45) is 5.73 Å². The van der Waals surface area contributed by atoms with Crippen LogP contribution in [0.2, 0.25) is 0 Å². The smallest absolute Gasteiger partial charge is 0.282 e. The fourth-order valence-corrected chi connectivity index (χ4v) is 3.24. The Hall–Kier alpha value is -0.950. The Morgan fingerprint density at radius 3 is 2.47 bits per heavy atom. The monoisotopic (exact) mass is 255 g/mol. The molecule has 0 amide bonds. The minimum absolute atomic E-state index is 0.0186. The third-order valence-electron chi connectivity index (χ3n) is 2.84. The second-order valence-electron chi connectivity index (χ2n) is 4.33. The maximum atomic E-state index is 12.1. The van der Waals surface area contributed by atoms with Gasteiger partial charge in [0.25, 0.3) is 10.2 Å². The number of nitrogens with two attached hydrogens (primary N) is 1. The molecule has 1 aliphatic rings. The lowest BCUT2D eigenvalue weighted by Gasteiger charge is -2.37. The minimum Gasteiger partial charge on any atom is -0.325 e. The molecule has 17 heavy (non-hydrogen) atoms. The lowest BCUT2D eigenvalue weighted by molar-refractivity contribution is 0.245. The Kier molecular flexibility index (Phi) is 3.48. The summed E-state index contributed by atoms with van der Waals surface area (Å²) in [5, 5.41) is 0. The van der Waals surface area contributed by atoms with Crippen LogP contribution in [0.4, 0.5) is 0 Å². The van der Waals surface area contributed by atoms with Crippen LogP contribution in [0, 0.1) is 0 Å². The van der Waals surface area contributed by atoms with E-state index in [2.05, 4.69) is 0 Å². The largest absolute Gasteiger partial charge is 0.325 e. The van der Waals surface area contributed by atoms with Crippen LogP contribution in [0.3, 0.4) is 0 Å². The summed E-state index contributed by atoms with van der Waals surface area (Å²) in [5.74, 6) is 0. The average molecular weight is 255 g/mol. The van der Waals surface area contributed by atoms with Gasteiger partial charge in [-0.3, -0.25) is 0 Å². The molecule has 0 radical (unpaired) electrons. The van der Waals surface area contributed by atoms with Gasteiger partial charge >= 0.3 is 0 Å². The average Bonchev–Trinajstić information content (AvgIpc) is 2.26. The van der Waals surface area contributed by atoms with Gasteiger partial charge in [0.15, 0.2) is 0 Å². The molecule has 0 spiro atoms. The molecule has 1 fully saturated rings. The summed E-state index contributed by atoms with van der Waals surface area (Å²) in [4.78, 5) is 0. The number of hydrogen-bond acceptors (Lipinski definition) is 3. The highest BCUT2D eigenvalue weighted by Gasteiger charge is 2.36. The lowest BCUT2D eigenvalue weighted by atomic mass is 10.2. The van der Waals surface area contributed by atoms with E-state index in [0.29, 0.717) is 19.6 Å². The molecule has 0 aromatic heterocycles. The number of benzene rings is 1. The van der Waals surface area contributed by atoms with Crippen LogP contribution in [0.25, 0.3) is 0 Å². The first kappa shape index (κ1) is 12.5. The van der Waals surface area contributed by atoms with Gasteiger partial charge in [-0.25, -0.2) is 0 Å². The Labute approximate surface area is 102 Å². The standard InChI is InChI=1S/C11H17N3O2S/c1-13(7-10-5-3-2-4-6-10)17(15,16)14-8-11(12)9-14/h2-6,11H,7-9,12H2,1H3. The van der Waals surface area contributed by atoms with E-state index in [-0.39, 0.29) is 6.04 Å². The molecule has 0 saturated carbocycles. The predicted octanol–water partition coefficient (Wildman–Crippen LogP) is 0.00610. The predicted molar refractivity (Wildman–Crippen MR) is 66.4 cm³/mol. The molecule has 0 bridgehead atoms. The van der Waals surface area contributed by atoms with Crippen molar-refractivity contribution < 1.29 is 8.42 Å². The van der Waals surface area contributed by atoms with Crippen LogP contribution >= 0.6 is 0 Å². The molecule has 2 rings (SSSR count). The molecule has 2 N–H and O–H groups in total. The highest BCUT2D eigenvalue weighted by atomic mass is 32.2. The fourth-order valence-electron chi connectivity index (χ4n) is 1.78. The second-order valence-corrected chi connectivity index (χ2v) is 6.36. The van der Waals surface area contributed by atoms with Crippen molar-refractivity contribution >= 4 is 10.2 Å². The molecule has 1 aromatic rings. The minimum atomic E-state index is -3.35. The summed E-state index contributed by atoms with van der Waals surface area (Å²) in [6.07, 6.45) is 0. The van der Waals surface area contributed by atoms with Gasteiger partial charge in [0, 0.05) is 32.7 Å². The zero-order chi connectivity index (χ0) is 12.5. The van der Waals surface area contributed by atoms with Crippen molar-refractivity contribution in [1.29, 1.82) is 0 Å². The van der Waals surface area contributed by atoms with E-state index in [1.54, 1.807) is 7.05 Å². The molecule has 1 heterocycles. The molecule has 5 nitrogen and oxygen atoms in total. The number of rotatable bonds is 4. The Morgan fingerprint density at radius 1 is 1.35 bits per heavy atom. The highest BCUT2D eigenvalue weighted by Crippen LogP contribution is 2.16. The first-order valence-electron chi connectivity index (χ1n) is 5.51. The van der Waals surface area contributed by atoms with Crippen LogP contribution in [0.1, 0.15) is 5.56 Å². The topological polar surface area (TPSA) is 66.6 Å². The molecule has 6 heteroatoms. The van der Waals surface area contributed by atoms with Gasteiger partial charge < -0.3 is 5.73 Å². The maximum Gasteiger partial charge on any atom is 0.282 e. The fraction of sp³-hybridized carbons (Fsp3) is 0.455. The van der Waals surface area contributed by atoms with Crippen LogP contribution < -0.4 is 5.73 Å². The number of nitrogens with zero attached hydrogens (tertiary/aromatic N) is 2. The van der Waals surface area contributed by atoms with Gasteiger partial charge in [-0.1, -0.05) is 30.3 Å². The summed E-state index contributed by atoms with van der Waals surface area (Å²) in [6.45, 7) is 1.22. The molecule has 1 aliphatic heterocycles. The van der Waals surface area contributed by atoms with E-state index >= 15 is 0 Å². The first-order valence-corrected chi connectivity index (χ1v) is 6.91. The summed E-state index contributed by atoms with van der Waals surface area (Å²) in [5.41, 5.74) is 6.57. The van der Waals surface area contributed by atoms with Crippen LogP contribution in [-0.2, 0) is 16.8 Å². The van der Waals surface area contributed by atoms with Crippen molar-refractivity contribution in [3.8, 4) is 0 Å². The first-order chi connectivity index (χ1) is 8.00. The van der Waals surface area contributed by atoms with Crippen molar-refractivity contribution in [3.63, 3.8) is 0 Å². The SMILES string of the molecule is CN(Cc1ccccc1)S(=O)(=O)N1CC(N)C1. The molecule has 0 aliphatic carbocycles.